The van der Waals surface area contributed by atoms with Crippen molar-refractivity contribution in [3.8, 4) is 11.1 Å². The van der Waals surface area contributed by atoms with Gasteiger partial charge in [-0.2, -0.15) is 4.37 Å². The number of nitrogens with zero attached hydrogens (tertiary/aromatic N) is 3. The maximum atomic E-state index is 6.06. The monoisotopic (exact) mass is 296 g/mol. The predicted molar refractivity (Wildman–Crippen MR) is 88.3 cm³/mol. The molecule has 0 radical (unpaired) electrons. The Morgan fingerprint density at radius 2 is 1.86 bits per heavy atom. The fourth-order valence-electron chi connectivity index (χ4n) is 2.24. The Labute approximate surface area is 128 Å². The fourth-order valence-corrected chi connectivity index (χ4v) is 3.03. The zero-order chi connectivity index (χ0) is 14.7. The maximum Gasteiger partial charge on any atom is 0.147 e. The number of nitrogen functional groups attached to an aromatic ring is 1. The number of aromatic nitrogens is 2. The Morgan fingerprint density at radius 1 is 1.10 bits per heavy atom. The van der Waals surface area contributed by atoms with E-state index < -0.39 is 0 Å². The molecule has 0 aliphatic heterocycles. The molecule has 2 N–H and O–H groups in total. The fraction of sp³-hybridized carbons (Fsp3) is 0.125. The average molecular weight is 296 g/mol. The van der Waals surface area contributed by atoms with Gasteiger partial charge in [0, 0.05) is 13.2 Å². The first kappa shape index (κ1) is 13.6. The van der Waals surface area contributed by atoms with Gasteiger partial charge in [-0.15, -0.1) is 0 Å². The van der Waals surface area contributed by atoms with Crippen molar-refractivity contribution in [2.45, 2.75) is 6.54 Å². The highest BCUT2D eigenvalue weighted by Crippen LogP contribution is 2.38. The van der Waals surface area contributed by atoms with Crippen LogP contribution in [0.15, 0.2) is 54.7 Å². The molecular weight excluding hydrogens is 280 g/mol. The molecule has 0 atom stereocenters. The molecule has 0 aliphatic carbocycles. The van der Waals surface area contributed by atoms with E-state index in [0.29, 0.717) is 5.82 Å². The molecule has 0 spiro atoms. The number of pyridine rings is 1. The van der Waals surface area contributed by atoms with Gasteiger partial charge < -0.3 is 10.6 Å². The summed E-state index contributed by atoms with van der Waals surface area (Å²) in [7, 11) is 2.04. The zero-order valence-corrected chi connectivity index (χ0v) is 12.5. The molecule has 0 saturated carbocycles. The molecule has 2 heterocycles. The molecule has 5 heteroatoms. The molecule has 1 aromatic carbocycles. The van der Waals surface area contributed by atoms with Gasteiger partial charge in [0.1, 0.15) is 10.8 Å². The number of hydrogen-bond acceptors (Lipinski definition) is 5. The van der Waals surface area contributed by atoms with E-state index in [1.165, 1.54) is 11.5 Å². The van der Waals surface area contributed by atoms with Crippen molar-refractivity contribution >= 4 is 22.4 Å². The van der Waals surface area contributed by atoms with Crippen LogP contribution < -0.4 is 10.6 Å². The molecule has 0 fully saturated rings. The lowest BCUT2D eigenvalue weighted by Gasteiger charge is -2.18. The Morgan fingerprint density at radius 3 is 2.57 bits per heavy atom. The molecule has 0 aliphatic rings. The molecule has 0 unspecified atom stereocenters. The van der Waals surface area contributed by atoms with Crippen LogP contribution in [0.4, 0.5) is 10.8 Å². The highest BCUT2D eigenvalue weighted by Gasteiger charge is 2.17. The summed E-state index contributed by atoms with van der Waals surface area (Å²) < 4.78 is 4.31. The maximum absolute atomic E-state index is 6.06. The number of anilines is 2. The van der Waals surface area contributed by atoms with Gasteiger partial charge in [-0.1, -0.05) is 36.4 Å². The van der Waals surface area contributed by atoms with Crippen molar-refractivity contribution in [2.75, 3.05) is 17.7 Å². The number of hydrogen-bond donors (Lipinski definition) is 1. The summed E-state index contributed by atoms with van der Waals surface area (Å²) in [6.45, 7) is 0.725. The first-order valence-corrected chi connectivity index (χ1v) is 7.44. The van der Waals surface area contributed by atoms with Gasteiger partial charge in [0.2, 0.25) is 0 Å². The van der Waals surface area contributed by atoms with Gasteiger partial charge in [0.05, 0.1) is 17.8 Å². The lowest BCUT2D eigenvalue weighted by atomic mass is 10.1. The molecule has 3 rings (SSSR count). The second kappa shape index (κ2) is 5.93. The van der Waals surface area contributed by atoms with Crippen LogP contribution in [0.25, 0.3) is 11.1 Å². The zero-order valence-electron chi connectivity index (χ0n) is 11.7. The smallest absolute Gasteiger partial charge is 0.147 e. The van der Waals surface area contributed by atoms with Crippen LogP contribution in [0.1, 0.15) is 5.69 Å². The first-order chi connectivity index (χ1) is 10.3. The van der Waals surface area contributed by atoms with Crippen molar-refractivity contribution in [3.63, 3.8) is 0 Å². The summed E-state index contributed by atoms with van der Waals surface area (Å²) >= 11 is 1.42. The molecule has 4 nitrogen and oxygen atoms in total. The van der Waals surface area contributed by atoms with Crippen LogP contribution >= 0.6 is 11.5 Å². The number of nitrogens with two attached hydrogens (primary N) is 1. The molecule has 0 saturated heterocycles. The van der Waals surface area contributed by atoms with Gasteiger partial charge in [-0.3, -0.25) is 4.98 Å². The minimum atomic E-state index is 0.578. The summed E-state index contributed by atoms with van der Waals surface area (Å²) in [5.41, 5.74) is 9.17. The van der Waals surface area contributed by atoms with Crippen LogP contribution in [0, 0.1) is 0 Å². The van der Waals surface area contributed by atoms with Gasteiger partial charge in [0.15, 0.2) is 0 Å². The van der Waals surface area contributed by atoms with Crippen LogP contribution in [-0.4, -0.2) is 16.4 Å². The second-order valence-corrected chi connectivity index (χ2v) is 5.54. The second-order valence-electron chi connectivity index (χ2n) is 4.79. The molecule has 2 aromatic heterocycles. The third-order valence-corrected chi connectivity index (χ3v) is 4.21. The van der Waals surface area contributed by atoms with Crippen LogP contribution in [-0.2, 0) is 6.54 Å². The number of benzene rings is 1. The third kappa shape index (κ3) is 2.87. The standard InChI is InChI=1S/C16H16N4S/c1-20(11-13-9-5-6-10-18-13)16-14(15(17)19-21-16)12-7-3-2-4-8-12/h2-10H,11H2,1H3,(H2,17,19). The summed E-state index contributed by atoms with van der Waals surface area (Å²) in [5, 5.41) is 1.06. The van der Waals surface area contributed by atoms with Crippen molar-refractivity contribution in [1.82, 2.24) is 9.36 Å². The predicted octanol–water partition coefficient (Wildman–Crippen LogP) is 3.42. The first-order valence-electron chi connectivity index (χ1n) is 6.67. The quantitative estimate of drug-likeness (QED) is 0.801. The molecule has 0 amide bonds. The Hall–Kier alpha value is -2.40. The molecule has 21 heavy (non-hydrogen) atoms. The van der Waals surface area contributed by atoms with Gasteiger partial charge in [-0.25, -0.2) is 0 Å². The Kier molecular flexibility index (Phi) is 3.83. The SMILES string of the molecule is CN(Cc1ccccn1)c1snc(N)c1-c1ccccc1. The van der Waals surface area contributed by atoms with Crippen molar-refractivity contribution in [1.29, 1.82) is 0 Å². The lowest BCUT2D eigenvalue weighted by Crippen LogP contribution is -2.16. The highest BCUT2D eigenvalue weighted by atomic mass is 32.1. The number of rotatable bonds is 4. The van der Waals surface area contributed by atoms with E-state index in [1.807, 2.05) is 49.6 Å². The van der Waals surface area contributed by atoms with E-state index in [9.17, 15) is 0 Å². The average Bonchev–Trinajstić information content (AvgIpc) is 2.91. The largest absolute Gasteiger partial charge is 0.382 e. The molecule has 3 aromatic rings. The van der Waals surface area contributed by atoms with E-state index in [0.717, 1.165) is 28.4 Å². The van der Waals surface area contributed by atoms with Gasteiger partial charge >= 0.3 is 0 Å². The van der Waals surface area contributed by atoms with E-state index in [1.54, 1.807) is 0 Å². The van der Waals surface area contributed by atoms with Crippen LogP contribution in [0.3, 0.4) is 0 Å². The van der Waals surface area contributed by atoms with Crippen LogP contribution in [0.5, 0.6) is 0 Å². The van der Waals surface area contributed by atoms with E-state index >= 15 is 0 Å². The summed E-state index contributed by atoms with van der Waals surface area (Å²) in [6, 6.07) is 16.1. The van der Waals surface area contributed by atoms with Crippen molar-refractivity contribution in [2.24, 2.45) is 0 Å². The van der Waals surface area contributed by atoms with E-state index in [-0.39, 0.29) is 0 Å². The highest BCUT2D eigenvalue weighted by molar-refractivity contribution is 7.11. The minimum Gasteiger partial charge on any atom is -0.382 e. The summed E-state index contributed by atoms with van der Waals surface area (Å²) in [6.07, 6.45) is 1.81. The molecule has 0 bridgehead atoms. The molecule has 106 valence electrons. The van der Waals surface area contributed by atoms with Crippen molar-refractivity contribution < 1.29 is 0 Å². The van der Waals surface area contributed by atoms with Gasteiger partial charge in [0.25, 0.3) is 0 Å². The third-order valence-electron chi connectivity index (χ3n) is 3.23. The Bertz CT molecular complexity index is 710. The van der Waals surface area contributed by atoms with E-state index in [2.05, 4.69) is 26.4 Å². The van der Waals surface area contributed by atoms with Crippen molar-refractivity contribution in [3.05, 3.63) is 60.4 Å². The Balaban J connectivity index is 1.93. The van der Waals surface area contributed by atoms with Gasteiger partial charge in [-0.05, 0) is 29.2 Å². The topological polar surface area (TPSA) is 55.0 Å². The van der Waals surface area contributed by atoms with Crippen LogP contribution in [0.2, 0.25) is 0 Å². The summed E-state index contributed by atoms with van der Waals surface area (Å²) in [4.78, 5) is 6.50. The van der Waals surface area contributed by atoms with E-state index in [4.69, 9.17) is 5.73 Å². The molecular formula is C16H16N4S. The normalized spacial score (nSPS) is 10.5. The summed E-state index contributed by atoms with van der Waals surface area (Å²) in [5.74, 6) is 0.578. The minimum absolute atomic E-state index is 0.578. The lowest BCUT2D eigenvalue weighted by molar-refractivity contribution is 0.895.